The molecule has 0 amide bonds. The van der Waals surface area contributed by atoms with Gasteiger partial charge in [0.05, 0.1) is 32.5 Å². The quantitative estimate of drug-likeness (QED) is 0.0215. The number of ether oxygens (including phenoxy) is 15. The van der Waals surface area contributed by atoms with Crippen molar-refractivity contribution in [2.45, 2.75) is 161 Å². The van der Waals surface area contributed by atoms with Crippen LogP contribution in [-0.2, 0) is 85.5 Å². The fraction of sp³-hybridized carbons (Fsp3) is 0.550. The summed E-state index contributed by atoms with van der Waals surface area (Å²) in [6, 6.07) is 16.4. The number of aliphatic hydroxyl groups is 12. The SMILES string of the molecule is COc1cc(/C=C\C(=O)O[C@H]2[C@H](O[C@@H]3O[C@@H](COC(C)=O)[C@H](O[C@@H]4O[C@H](CO)[C@@H](O)[C@H](O)[C@@H]4O)[C@@H](O)[C@@H]3O)[C@@H](O[C@H]3O[C@H](CO)[C@H](O)[C@H](O)[C@H]3O)[C@H](O[C@]3(COC(=O)/C=C/c4ccc(O)cc4)O[C@@H](CO)[C@@H](O)[C@@H]3OC(=O)c3ccccc3)O[C@@H]2COC(C)=O)ccc1O. The van der Waals surface area contributed by atoms with Gasteiger partial charge in [0.25, 0.3) is 0 Å². The molecule has 0 bridgehead atoms. The second kappa shape index (κ2) is 32.7. The molecule has 3 aromatic rings. The number of hydrogen-bond donors (Lipinski definition) is 14. The first kappa shape index (κ1) is 72.9. The molecule has 5 saturated heterocycles. The van der Waals surface area contributed by atoms with Crippen molar-refractivity contribution in [3.8, 4) is 17.2 Å². The first-order valence-electron chi connectivity index (χ1n) is 29.1. The Morgan fingerprint density at radius 3 is 1.56 bits per heavy atom. The van der Waals surface area contributed by atoms with Crippen LogP contribution in [0.2, 0.25) is 0 Å². The van der Waals surface area contributed by atoms with Crippen molar-refractivity contribution in [2.24, 2.45) is 0 Å². The van der Waals surface area contributed by atoms with Crippen molar-refractivity contribution >= 4 is 42.0 Å². The van der Waals surface area contributed by atoms with E-state index >= 15 is 0 Å². The zero-order valence-corrected chi connectivity index (χ0v) is 50.2. The van der Waals surface area contributed by atoms with Crippen LogP contribution in [0.4, 0.5) is 0 Å². The summed E-state index contributed by atoms with van der Waals surface area (Å²) in [7, 11) is 1.25. The molecule has 34 heteroatoms. The van der Waals surface area contributed by atoms with Crippen LogP contribution >= 0.6 is 0 Å². The van der Waals surface area contributed by atoms with Crippen LogP contribution in [0.5, 0.6) is 17.2 Å². The van der Waals surface area contributed by atoms with Gasteiger partial charge in [0.15, 0.2) is 48.9 Å². The second-order valence-corrected chi connectivity index (χ2v) is 22.0. The maximum Gasteiger partial charge on any atom is 0.338 e. The van der Waals surface area contributed by atoms with Gasteiger partial charge in [0.1, 0.15) is 129 Å². The number of carbonyl (C=O) groups excluding carboxylic acids is 5. The van der Waals surface area contributed by atoms with Crippen molar-refractivity contribution < 1.29 is 167 Å². The fourth-order valence-corrected chi connectivity index (χ4v) is 10.5. The van der Waals surface area contributed by atoms with Gasteiger partial charge in [-0.3, -0.25) is 9.59 Å². The first-order valence-corrected chi connectivity index (χ1v) is 29.1. The van der Waals surface area contributed by atoms with Gasteiger partial charge in [-0.1, -0.05) is 36.4 Å². The van der Waals surface area contributed by atoms with E-state index in [2.05, 4.69) is 0 Å². The molecule has 5 aliphatic rings. The molecule has 8 rings (SSSR count). The maximum atomic E-state index is 14.4. The molecule has 5 fully saturated rings. The van der Waals surface area contributed by atoms with Gasteiger partial charge >= 0.3 is 29.8 Å². The summed E-state index contributed by atoms with van der Waals surface area (Å²) in [4.78, 5) is 67.5. The Morgan fingerprint density at radius 1 is 0.500 bits per heavy atom. The first-order chi connectivity index (χ1) is 44.8. The molecule has 3 aromatic carbocycles. The Hall–Kier alpha value is -6.95. The minimum absolute atomic E-state index is 0.0365. The van der Waals surface area contributed by atoms with Crippen molar-refractivity contribution in [1.29, 1.82) is 0 Å². The van der Waals surface area contributed by atoms with E-state index < -0.39 is 216 Å². The summed E-state index contributed by atoms with van der Waals surface area (Å²) in [6.45, 7) is -4.45. The van der Waals surface area contributed by atoms with Gasteiger partial charge in [-0.05, 0) is 59.7 Å². The highest BCUT2D eigenvalue weighted by atomic mass is 16.8. The Balaban J connectivity index is 1.29. The molecule has 0 spiro atoms. The van der Waals surface area contributed by atoms with Crippen LogP contribution in [0.1, 0.15) is 35.3 Å². The standard InChI is InChI=1S/C60H74O34/c1-26(64)81-23-37-50(89-56-47(76)44(73)41(70)34(20-61)84-56)46(75)49(78)58(86-37)90-52-51(88-40(69)18-13-29-11-16-32(67)33(19-29)80-3)38(24-82-27(2)65)87-59(53(52)91-57-48(77)45(74)42(71)35(21-62)85-57)94-60(25-83-39(68)17-12-28-9-14-31(66)15-10-28)54(43(72)36(22-63)93-60)92-55(79)30-7-5-4-6-8-30/h4-19,34-38,41-54,56-59,61-63,66-67,70-78H,20-25H2,1-3H3/b17-12+,18-13-/t34-,35-,36+,37+,38-,41-,42+,43-,44+,45+,46+,47+,48-,49+,50+,51-,52+,53-,54+,56+,57-,58+,59+,60+/m1/s1. The third kappa shape index (κ3) is 17.4. The summed E-state index contributed by atoms with van der Waals surface area (Å²) >= 11 is 0. The maximum absolute atomic E-state index is 14.4. The molecule has 5 aliphatic heterocycles. The van der Waals surface area contributed by atoms with Gasteiger partial charge in [-0.25, -0.2) is 14.4 Å². The van der Waals surface area contributed by atoms with Crippen molar-refractivity contribution in [1.82, 2.24) is 0 Å². The van der Waals surface area contributed by atoms with Crippen LogP contribution in [0, 0.1) is 0 Å². The molecule has 94 heavy (non-hydrogen) atoms. The Kier molecular flexibility index (Phi) is 25.3. The normalized spacial score (nSPS) is 36.0. The number of esters is 5. The smallest absolute Gasteiger partial charge is 0.338 e. The molecule has 0 radical (unpaired) electrons. The lowest BCUT2D eigenvalue weighted by molar-refractivity contribution is -0.423. The van der Waals surface area contributed by atoms with Crippen molar-refractivity contribution in [3.05, 3.63) is 102 Å². The minimum Gasteiger partial charge on any atom is -0.508 e. The van der Waals surface area contributed by atoms with Crippen molar-refractivity contribution in [2.75, 3.05) is 46.8 Å². The number of rotatable bonds is 25. The minimum atomic E-state index is -3.00. The zero-order valence-electron chi connectivity index (χ0n) is 50.2. The molecular weight excluding hydrogens is 1260 g/mol. The molecule has 0 aromatic heterocycles. The molecule has 0 saturated carbocycles. The van der Waals surface area contributed by atoms with Crippen LogP contribution in [-0.4, -0.2) is 295 Å². The highest BCUT2D eigenvalue weighted by Gasteiger charge is 2.64. The summed E-state index contributed by atoms with van der Waals surface area (Å²) in [5.74, 6) is -9.18. The molecule has 518 valence electrons. The monoisotopic (exact) mass is 1340 g/mol. The Morgan fingerprint density at radius 2 is 1.00 bits per heavy atom. The fourth-order valence-electron chi connectivity index (χ4n) is 10.5. The number of hydrogen-bond acceptors (Lipinski definition) is 34. The Labute approximate surface area is 533 Å². The average Bonchev–Trinajstić information content (AvgIpc) is 1.34. The number of aliphatic hydroxyl groups excluding tert-OH is 12. The number of aromatic hydroxyl groups is 2. The van der Waals surface area contributed by atoms with E-state index in [1.54, 1.807) is 6.07 Å². The Bertz CT molecular complexity index is 3060. The predicted octanol–water partition coefficient (Wildman–Crippen LogP) is -4.97. The topological polar surface area (TPSA) is 507 Å². The molecule has 0 aliphatic carbocycles. The van der Waals surface area contributed by atoms with E-state index in [0.29, 0.717) is 5.56 Å². The van der Waals surface area contributed by atoms with Crippen molar-refractivity contribution in [3.63, 3.8) is 0 Å². The van der Waals surface area contributed by atoms with E-state index in [0.717, 1.165) is 26.0 Å². The van der Waals surface area contributed by atoms with Gasteiger partial charge in [0.2, 0.25) is 5.79 Å². The van der Waals surface area contributed by atoms with E-state index in [9.17, 15) is 95.5 Å². The van der Waals surface area contributed by atoms with Crippen LogP contribution in [0.3, 0.4) is 0 Å². The van der Waals surface area contributed by atoms with E-state index in [4.69, 9.17) is 71.1 Å². The lowest BCUT2D eigenvalue weighted by atomic mass is 9.95. The predicted molar refractivity (Wildman–Crippen MR) is 304 cm³/mol. The number of benzene rings is 3. The van der Waals surface area contributed by atoms with Crippen LogP contribution in [0.15, 0.2) is 84.9 Å². The molecule has 34 nitrogen and oxygen atoms in total. The molecule has 5 heterocycles. The van der Waals surface area contributed by atoms with E-state index in [1.165, 1.54) is 86.0 Å². The lowest BCUT2D eigenvalue weighted by Gasteiger charge is -2.51. The summed E-state index contributed by atoms with van der Waals surface area (Å²) in [5.41, 5.74) is 0.420. The number of carbonyl (C=O) groups is 5. The van der Waals surface area contributed by atoms with E-state index in [-0.39, 0.29) is 28.4 Å². The third-order valence-electron chi connectivity index (χ3n) is 15.5. The highest BCUT2D eigenvalue weighted by molar-refractivity contribution is 5.90. The zero-order chi connectivity index (χ0) is 68.3. The van der Waals surface area contributed by atoms with E-state index in [1.807, 2.05) is 0 Å². The van der Waals surface area contributed by atoms with Gasteiger partial charge in [-0.2, -0.15) is 0 Å². The van der Waals surface area contributed by atoms with Gasteiger partial charge < -0.3 is 143 Å². The number of phenols is 2. The van der Waals surface area contributed by atoms with Crippen LogP contribution in [0.25, 0.3) is 12.2 Å². The third-order valence-corrected chi connectivity index (χ3v) is 15.5. The van der Waals surface area contributed by atoms with Crippen LogP contribution < -0.4 is 4.74 Å². The number of phenolic OH excluding ortho intramolecular Hbond substituents is 2. The molecule has 0 unspecified atom stereocenters. The average molecular weight is 1340 g/mol. The highest BCUT2D eigenvalue weighted by Crippen LogP contribution is 2.43. The molecule has 24 atom stereocenters. The number of methoxy groups -OCH3 is 1. The largest absolute Gasteiger partial charge is 0.508 e. The van der Waals surface area contributed by atoms with Gasteiger partial charge in [-0.15, -0.1) is 0 Å². The molecular formula is C60H74O34. The summed E-state index contributed by atoms with van der Waals surface area (Å²) in [6.07, 6.45) is -45.4. The second-order valence-electron chi connectivity index (χ2n) is 22.0. The molecule has 14 N–H and O–H groups in total. The summed E-state index contributed by atoms with van der Waals surface area (Å²) < 4.78 is 89.0. The lowest BCUT2D eigenvalue weighted by Crippen LogP contribution is -2.69. The summed E-state index contributed by atoms with van der Waals surface area (Å²) in [5, 5.41) is 153. The van der Waals surface area contributed by atoms with Gasteiger partial charge in [0, 0.05) is 26.0 Å².